The minimum atomic E-state index is -0.946. The van der Waals surface area contributed by atoms with Gasteiger partial charge in [-0.3, -0.25) is 4.68 Å². The van der Waals surface area contributed by atoms with E-state index in [0.717, 1.165) is 17.7 Å². The molecule has 0 aliphatic rings. The van der Waals surface area contributed by atoms with E-state index in [9.17, 15) is 4.79 Å². The van der Waals surface area contributed by atoms with E-state index >= 15 is 0 Å². The van der Waals surface area contributed by atoms with E-state index in [0.29, 0.717) is 6.54 Å². The summed E-state index contributed by atoms with van der Waals surface area (Å²) in [7, 11) is 0. The monoisotopic (exact) mass is 194 g/mol. The van der Waals surface area contributed by atoms with Gasteiger partial charge in [0.25, 0.3) is 0 Å². The van der Waals surface area contributed by atoms with Crippen molar-refractivity contribution >= 4 is 5.97 Å². The molecule has 1 aromatic heterocycles. The molecule has 1 N–H and O–H groups in total. The lowest BCUT2D eigenvalue weighted by Gasteiger charge is -2.02. The second kappa shape index (κ2) is 4.09. The molecule has 0 aliphatic carbocycles. The first-order valence-electron chi connectivity index (χ1n) is 4.49. The summed E-state index contributed by atoms with van der Waals surface area (Å²) >= 11 is 0. The Kier molecular flexibility index (Phi) is 3.06. The predicted octanol–water partition coefficient (Wildman–Crippen LogP) is 1.72. The SMILES string of the molecule is C=C(C)Cn1nc(CC)cc1C(=O)O. The Bertz CT molecular complexity index is 366. The van der Waals surface area contributed by atoms with Crippen molar-refractivity contribution < 1.29 is 9.90 Å². The predicted molar refractivity (Wildman–Crippen MR) is 53.4 cm³/mol. The summed E-state index contributed by atoms with van der Waals surface area (Å²) in [5, 5.41) is 13.1. The molecule has 0 saturated heterocycles. The molecule has 14 heavy (non-hydrogen) atoms. The fourth-order valence-corrected chi connectivity index (χ4v) is 1.19. The lowest BCUT2D eigenvalue weighted by atomic mass is 10.3. The lowest BCUT2D eigenvalue weighted by Crippen LogP contribution is -2.10. The number of nitrogens with zero attached hydrogens (tertiary/aromatic N) is 2. The van der Waals surface area contributed by atoms with Crippen molar-refractivity contribution in [3.63, 3.8) is 0 Å². The Labute approximate surface area is 82.9 Å². The van der Waals surface area contributed by atoms with Crippen molar-refractivity contribution in [1.82, 2.24) is 9.78 Å². The molecule has 0 unspecified atom stereocenters. The van der Waals surface area contributed by atoms with Gasteiger partial charge >= 0.3 is 5.97 Å². The van der Waals surface area contributed by atoms with E-state index in [-0.39, 0.29) is 5.69 Å². The third-order valence-corrected chi connectivity index (χ3v) is 1.83. The summed E-state index contributed by atoms with van der Waals surface area (Å²) in [4.78, 5) is 10.8. The highest BCUT2D eigenvalue weighted by Crippen LogP contribution is 2.07. The van der Waals surface area contributed by atoms with Crippen LogP contribution in [0.1, 0.15) is 30.0 Å². The maximum Gasteiger partial charge on any atom is 0.354 e. The molecule has 4 heteroatoms. The number of carboxylic acids is 1. The highest BCUT2D eigenvalue weighted by molar-refractivity contribution is 5.85. The van der Waals surface area contributed by atoms with Crippen molar-refractivity contribution in [3.05, 3.63) is 29.6 Å². The summed E-state index contributed by atoms with van der Waals surface area (Å²) in [6.07, 6.45) is 0.740. The first-order valence-corrected chi connectivity index (χ1v) is 4.49. The molecule has 1 rings (SSSR count). The normalized spacial score (nSPS) is 10.1. The smallest absolute Gasteiger partial charge is 0.354 e. The maximum atomic E-state index is 10.8. The summed E-state index contributed by atoms with van der Waals surface area (Å²) < 4.78 is 1.48. The van der Waals surface area contributed by atoms with Crippen LogP contribution in [0.3, 0.4) is 0 Å². The van der Waals surface area contributed by atoms with E-state index in [1.54, 1.807) is 6.07 Å². The van der Waals surface area contributed by atoms with Crippen molar-refractivity contribution in [2.24, 2.45) is 0 Å². The number of rotatable bonds is 4. The van der Waals surface area contributed by atoms with Gasteiger partial charge in [0.1, 0.15) is 5.69 Å². The Morgan fingerprint density at radius 1 is 1.71 bits per heavy atom. The third-order valence-electron chi connectivity index (χ3n) is 1.83. The zero-order valence-electron chi connectivity index (χ0n) is 8.45. The second-order valence-electron chi connectivity index (χ2n) is 3.29. The zero-order chi connectivity index (χ0) is 10.7. The number of hydrogen-bond donors (Lipinski definition) is 1. The quantitative estimate of drug-likeness (QED) is 0.742. The van der Waals surface area contributed by atoms with Crippen molar-refractivity contribution in [3.8, 4) is 0 Å². The van der Waals surface area contributed by atoms with Gasteiger partial charge < -0.3 is 5.11 Å². The number of aromatic carboxylic acids is 1. The minimum absolute atomic E-state index is 0.227. The molecule has 76 valence electrons. The molecule has 0 spiro atoms. The fraction of sp³-hybridized carbons (Fsp3) is 0.400. The summed E-state index contributed by atoms with van der Waals surface area (Å²) in [5.41, 5.74) is 1.91. The van der Waals surface area contributed by atoms with Crippen LogP contribution in [0.2, 0.25) is 0 Å². The molecule has 0 fully saturated rings. The van der Waals surface area contributed by atoms with Crippen LogP contribution in [0, 0.1) is 0 Å². The summed E-state index contributed by atoms with van der Waals surface area (Å²) in [6.45, 7) is 7.98. The highest BCUT2D eigenvalue weighted by Gasteiger charge is 2.12. The topological polar surface area (TPSA) is 55.1 Å². The van der Waals surface area contributed by atoms with Gasteiger partial charge in [-0.1, -0.05) is 19.1 Å². The first-order chi connectivity index (χ1) is 6.54. The van der Waals surface area contributed by atoms with Crippen molar-refractivity contribution in [2.45, 2.75) is 26.8 Å². The first kappa shape index (κ1) is 10.5. The minimum Gasteiger partial charge on any atom is -0.477 e. The molecule has 1 aromatic rings. The van der Waals surface area contributed by atoms with Crippen molar-refractivity contribution in [2.75, 3.05) is 0 Å². The molecule has 0 aromatic carbocycles. The van der Waals surface area contributed by atoms with Crippen LogP contribution in [0.15, 0.2) is 18.2 Å². The number of aromatic nitrogens is 2. The van der Waals surface area contributed by atoms with Gasteiger partial charge in [-0.15, -0.1) is 0 Å². The Hall–Kier alpha value is -1.58. The van der Waals surface area contributed by atoms with E-state index in [2.05, 4.69) is 11.7 Å². The molecule has 0 atom stereocenters. The van der Waals surface area contributed by atoms with E-state index < -0.39 is 5.97 Å². The van der Waals surface area contributed by atoms with Crippen molar-refractivity contribution in [1.29, 1.82) is 0 Å². The van der Waals surface area contributed by atoms with Gasteiger partial charge in [-0.25, -0.2) is 4.79 Å². The number of allylic oxidation sites excluding steroid dienone is 1. The van der Waals surface area contributed by atoms with Crippen LogP contribution >= 0.6 is 0 Å². The number of carbonyl (C=O) groups is 1. The van der Waals surface area contributed by atoms with Crippen LogP contribution in [-0.2, 0) is 13.0 Å². The lowest BCUT2D eigenvalue weighted by molar-refractivity contribution is 0.0684. The molecule has 0 bridgehead atoms. The molecular formula is C10H14N2O2. The molecule has 0 saturated carbocycles. The van der Waals surface area contributed by atoms with Gasteiger partial charge in [0.05, 0.1) is 12.2 Å². The standard InChI is InChI=1S/C10H14N2O2/c1-4-8-5-9(10(13)14)12(11-8)6-7(2)3/h5H,2,4,6H2,1,3H3,(H,13,14). The molecular weight excluding hydrogens is 180 g/mol. The molecule has 0 radical (unpaired) electrons. The van der Waals surface area contributed by atoms with Gasteiger partial charge in [0.2, 0.25) is 0 Å². The van der Waals surface area contributed by atoms with Gasteiger partial charge in [0, 0.05) is 0 Å². The maximum absolute atomic E-state index is 10.8. The van der Waals surface area contributed by atoms with Crippen LogP contribution in [0.5, 0.6) is 0 Å². The van der Waals surface area contributed by atoms with Crippen LogP contribution in [-0.4, -0.2) is 20.9 Å². The fourth-order valence-electron chi connectivity index (χ4n) is 1.19. The average molecular weight is 194 g/mol. The molecule has 0 amide bonds. The molecule has 1 heterocycles. The largest absolute Gasteiger partial charge is 0.477 e. The van der Waals surface area contributed by atoms with E-state index in [4.69, 9.17) is 5.11 Å². The Morgan fingerprint density at radius 3 is 2.79 bits per heavy atom. The Balaban J connectivity index is 3.05. The summed E-state index contributed by atoms with van der Waals surface area (Å²) in [5.74, 6) is -0.946. The summed E-state index contributed by atoms with van der Waals surface area (Å²) in [6, 6.07) is 1.60. The molecule has 4 nitrogen and oxygen atoms in total. The molecule has 0 aliphatic heterocycles. The van der Waals surface area contributed by atoms with Crippen LogP contribution in [0.4, 0.5) is 0 Å². The third kappa shape index (κ3) is 2.22. The Morgan fingerprint density at radius 2 is 2.36 bits per heavy atom. The van der Waals surface area contributed by atoms with Gasteiger partial charge in [0.15, 0.2) is 0 Å². The number of carboxylic acid groups (broad SMARTS) is 1. The highest BCUT2D eigenvalue weighted by atomic mass is 16.4. The second-order valence-corrected chi connectivity index (χ2v) is 3.29. The van der Waals surface area contributed by atoms with Crippen LogP contribution < -0.4 is 0 Å². The number of aryl methyl sites for hydroxylation is 1. The number of hydrogen-bond acceptors (Lipinski definition) is 2. The van der Waals surface area contributed by atoms with E-state index in [1.807, 2.05) is 13.8 Å². The zero-order valence-corrected chi connectivity index (χ0v) is 8.45. The van der Waals surface area contributed by atoms with E-state index in [1.165, 1.54) is 4.68 Å². The van der Waals surface area contributed by atoms with Crippen LogP contribution in [0.25, 0.3) is 0 Å². The van der Waals surface area contributed by atoms with Gasteiger partial charge in [-0.2, -0.15) is 5.10 Å². The average Bonchev–Trinajstić information content (AvgIpc) is 2.46. The van der Waals surface area contributed by atoms with Gasteiger partial charge in [-0.05, 0) is 19.4 Å².